The molecule has 0 bridgehead atoms. The van der Waals surface area contributed by atoms with E-state index in [0.29, 0.717) is 12.8 Å². The molecule has 0 rings (SSSR count). The largest absolute Gasteiger partial charge is 0.395 e. The minimum atomic E-state index is -0.448. The van der Waals surface area contributed by atoms with E-state index in [1.54, 1.807) is 13.8 Å². The van der Waals surface area contributed by atoms with Crippen LogP contribution in [0.1, 0.15) is 26.7 Å². The van der Waals surface area contributed by atoms with Gasteiger partial charge in [0.2, 0.25) is 5.91 Å². The highest BCUT2D eigenvalue weighted by molar-refractivity contribution is 5.75. The lowest BCUT2D eigenvalue weighted by Gasteiger charge is -2.13. The van der Waals surface area contributed by atoms with E-state index in [2.05, 4.69) is 11.4 Å². The van der Waals surface area contributed by atoms with Gasteiger partial charge in [-0.15, -0.1) is 0 Å². The van der Waals surface area contributed by atoms with E-state index < -0.39 is 5.41 Å². The van der Waals surface area contributed by atoms with Crippen molar-refractivity contribution in [3.8, 4) is 6.07 Å². The van der Waals surface area contributed by atoms with Crippen LogP contribution in [0.5, 0.6) is 0 Å². The summed E-state index contributed by atoms with van der Waals surface area (Å²) in [6.07, 6.45) is 0.876. The molecule has 1 amide bonds. The van der Waals surface area contributed by atoms with Crippen LogP contribution in [0, 0.1) is 16.7 Å². The fourth-order valence-corrected chi connectivity index (χ4v) is 0.766. The zero-order valence-electron chi connectivity index (χ0n) is 8.13. The Bertz CT molecular complexity index is 206. The van der Waals surface area contributed by atoms with Gasteiger partial charge in [-0.1, -0.05) is 0 Å². The zero-order chi connectivity index (χ0) is 10.3. The van der Waals surface area contributed by atoms with Crippen LogP contribution in [0.2, 0.25) is 0 Å². The number of hydrogen-bond donors (Lipinski definition) is 2. The first kappa shape index (κ1) is 11.9. The Labute approximate surface area is 78.6 Å². The van der Waals surface area contributed by atoms with Crippen LogP contribution in [-0.2, 0) is 4.79 Å². The first-order valence-electron chi connectivity index (χ1n) is 4.30. The van der Waals surface area contributed by atoms with Gasteiger partial charge in [0.15, 0.2) is 0 Å². The summed E-state index contributed by atoms with van der Waals surface area (Å²) in [5.74, 6) is -0.114. The Balaban J connectivity index is 3.65. The van der Waals surface area contributed by atoms with Crippen LogP contribution in [-0.4, -0.2) is 24.2 Å². The monoisotopic (exact) mass is 184 g/mol. The molecule has 0 fully saturated rings. The summed E-state index contributed by atoms with van der Waals surface area (Å²) >= 11 is 0. The first-order chi connectivity index (χ1) is 6.02. The molecule has 0 radical (unpaired) electrons. The normalized spacial score (nSPS) is 10.6. The average molecular weight is 184 g/mol. The summed E-state index contributed by atoms with van der Waals surface area (Å²) in [6.45, 7) is 3.83. The fraction of sp³-hybridized carbons (Fsp3) is 0.778. The lowest BCUT2D eigenvalue weighted by molar-refractivity contribution is -0.121. The van der Waals surface area contributed by atoms with Crippen LogP contribution >= 0.6 is 0 Å². The predicted octanol–water partition coefficient (Wildman–Crippen LogP) is 0.425. The summed E-state index contributed by atoms with van der Waals surface area (Å²) in [5.41, 5.74) is -0.448. The number of nitriles is 1. The number of carbonyl (C=O) groups excluding carboxylic acids is 1. The standard InChI is InChI=1S/C9H16N2O2/c1-9(2,7-10)4-3-8(13)11-5-6-12/h12H,3-6H2,1-2H3,(H,11,13). The molecular formula is C9H16N2O2. The SMILES string of the molecule is CC(C)(C#N)CCC(=O)NCCO. The molecule has 4 nitrogen and oxygen atoms in total. The molecule has 0 atom stereocenters. The predicted molar refractivity (Wildman–Crippen MR) is 48.7 cm³/mol. The van der Waals surface area contributed by atoms with Crippen LogP contribution in [0.4, 0.5) is 0 Å². The number of hydrogen-bond acceptors (Lipinski definition) is 3. The molecule has 2 N–H and O–H groups in total. The number of aliphatic hydroxyl groups excluding tert-OH is 1. The smallest absolute Gasteiger partial charge is 0.220 e. The molecule has 0 saturated carbocycles. The molecule has 0 aliphatic carbocycles. The molecule has 4 heteroatoms. The summed E-state index contributed by atoms with van der Waals surface area (Å²) in [5, 5.41) is 19.6. The minimum Gasteiger partial charge on any atom is -0.395 e. The maximum atomic E-state index is 11.0. The van der Waals surface area contributed by atoms with E-state index in [9.17, 15) is 4.79 Å². The molecule has 0 aliphatic heterocycles. The summed E-state index contributed by atoms with van der Waals surface area (Å²) in [7, 11) is 0. The quantitative estimate of drug-likeness (QED) is 0.650. The molecule has 0 heterocycles. The number of amides is 1. The second kappa shape index (κ2) is 5.55. The molecular weight excluding hydrogens is 168 g/mol. The van der Waals surface area contributed by atoms with Crippen molar-refractivity contribution >= 4 is 5.91 Å². The van der Waals surface area contributed by atoms with E-state index in [1.807, 2.05) is 0 Å². The minimum absolute atomic E-state index is 0.0482. The third-order valence-corrected chi connectivity index (χ3v) is 1.71. The van der Waals surface area contributed by atoms with Crippen molar-refractivity contribution in [3.05, 3.63) is 0 Å². The van der Waals surface area contributed by atoms with Gasteiger partial charge in [-0.3, -0.25) is 4.79 Å². The van der Waals surface area contributed by atoms with Crippen molar-refractivity contribution in [2.75, 3.05) is 13.2 Å². The second-order valence-corrected chi connectivity index (χ2v) is 3.57. The third kappa shape index (κ3) is 6.12. The van der Waals surface area contributed by atoms with Gasteiger partial charge in [-0.25, -0.2) is 0 Å². The van der Waals surface area contributed by atoms with E-state index in [1.165, 1.54) is 0 Å². The molecule has 0 saturated heterocycles. The Kier molecular flexibility index (Phi) is 5.09. The van der Waals surface area contributed by atoms with E-state index in [4.69, 9.17) is 10.4 Å². The number of aliphatic hydroxyl groups is 1. The van der Waals surface area contributed by atoms with Gasteiger partial charge in [0.25, 0.3) is 0 Å². The molecule has 0 aliphatic rings. The van der Waals surface area contributed by atoms with Crippen molar-refractivity contribution < 1.29 is 9.90 Å². The first-order valence-corrected chi connectivity index (χ1v) is 4.30. The molecule has 0 aromatic heterocycles. The molecule has 0 unspecified atom stereocenters. The molecule has 0 aromatic carbocycles. The van der Waals surface area contributed by atoms with Crippen molar-refractivity contribution in [1.82, 2.24) is 5.32 Å². The molecule has 74 valence electrons. The van der Waals surface area contributed by atoms with E-state index in [0.717, 1.165) is 0 Å². The maximum Gasteiger partial charge on any atom is 0.220 e. The Morgan fingerprint density at radius 2 is 2.23 bits per heavy atom. The summed E-state index contributed by atoms with van der Waals surface area (Å²) in [4.78, 5) is 11.0. The highest BCUT2D eigenvalue weighted by atomic mass is 16.3. The van der Waals surface area contributed by atoms with Crippen molar-refractivity contribution in [1.29, 1.82) is 5.26 Å². The Morgan fingerprint density at radius 1 is 1.62 bits per heavy atom. The van der Waals surface area contributed by atoms with Gasteiger partial charge in [-0.2, -0.15) is 5.26 Å². The van der Waals surface area contributed by atoms with Crippen molar-refractivity contribution in [3.63, 3.8) is 0 Å². The highest BCUT2D eigenvalue weighted by Gasteiger charge is 2.17. The maximum absolute atomic E-state index is 11.0. The summed E-state index contributed by atoms with van der Waals surface area (Å²) < 4.78 is 0. The van der Waals surface area contributed by atoms with E-state index in [-0.39, 0.29) is 19.1 Å². The highest BCUT2D eigenvalue weighted by Crippen LogP contribution is 2.20. The van der Waals surface area contributed by atoms with Crippen LogP contribution in [0.3, 0.4) is 0 Å². The van der Waals surface area contributed by atoms with Crippen LogP contribution in [0.25, 0.3) is 0 Å². The molecule has 13 heavy (non-hydrogen) atoms. The van der Waals surface area contributed by atoms with Gasteiger partial charge >= 0.3 is 0 Å². The van der Waals surface area contributed by atoms with Crippen molar-refractivity contribution in [2.45, 2.75) is 26.7 Å². The van der Waals surface area contributed by atoms with Gasteiger partial charge in [0.1, 0.15) is 0 Å². The third-order valence-electron chi connectivity index (χ3n) is 1.71. The topological polar surface area (TPSA) is 73.1 Å². The Hall–Kier alpha value is -1.08. The summed E-state index contributed by atoms with van der Waals surface area (Å²) in [6, 6.07) is 2.12. The number of rotatable bonds is 5. The van der Waals surface area contributed by atoms with Crippen LogP contribution in [0.15, 0.2) is 0 Å². The zero-order valence-corrected chi connectivity index (χ0v) is 8.13. The number of nitrogens with zero attached hydrogens (tertiary/aromatic N) is 1. The van der Waals surface area contributed by atoms with Crippen LogP contribution < -0.4 is 5.32 Å². The second-order valence-electron chi connectivity index (χ2n) is 3.57. The van der Waals surface area contributed by atoms with Crippen molar-refractivity contribution in [2.24, 2.45) is 5.41 Å². The van der Waals surface area contributed by atoms with Gasteiger partial charge in [0, 0.05) is 13.0 Å². The molecule has 0 aromatic rings. The van der Waals surface area contributed by atoms with Gasteiger partial charge in [-0.05, 0) is 20.3 Å². The number of carbonyl (C=O) groups is 1. The molecule has 0 spiro atoms. The lowest BCUT2D eigenvalue weighted by atomic mass is 9.90. The van der Waals surface area contributed by atoms with E-state index >= 15 is 0 Å². The van der Waals surface area contributed by atoms with Gasteiger partial charge < -0.3 is 10.4 Å². The number of nitrogens with one attached hydrogen (secondary N) is 1. The Morgan fingerprint density at radius 3 is 2.69 bits per heavy atom. The fourth-order valence-electron chi connectivity index (χ4n) is 0.766. The van der Waals surface area contributed by atoms with Gasteiger partial charge in [0.05, 0.1) is 18.1 Å². The average Bonchev–Trinajstić information content (AvgIpc) is 2.11. The lowest BCUT2D eigenvalue weighted by Crippen LogP contribution is -2.27.